The molecule has 0 unspecified atom stereocenters. The number of amides is 2. The Hall–Kier alpha value is -3.13. The largest absolute Gasteiger partial charge is 0.354 e. The summed E-state index contributed by atoms with van der Waals surface area (Å²) in [6.45, 7) is 0.458. The van der Waals surface area contributed by atoms with Crippen molar-refractivity contribution in [3.8, 4) is 10.6 Å². The molecule has 5 nitrogen and oxygen atoms in total. The second-order valence-corrected chi connectivity index (χ2v) is 6.95. The van der Waals surface area contributed by atoms with Crippen molar-refractivity contribution < 1.29 is 18.4 Å². The summed E-state index contributed by atoms with van der Waals surface area (Å²) in [6.07, 6.45) is 1.46. The van der Waals surface area contributed by atoms with Crippen LogP contribution in [0.5, 0.6) is 0 Å². The molecule has 2 N–H and O–H groups in total. The number of benzene rings is 2. The van der Waals surface area contributed by atoms with Crippen molar-refractivity contribution >= 4 is 23.2 Å². The van der Waals surface area contributed by atoms with E-state index in [4.69, 9.17) is 0 Å². The van der Waals surface area contributed by atoms with Gasteiger partial charge < -0.3 is 10.6 Å². The third-order valence-corrected chi connectivity index (χ3v) is 4.85. The number of carbonyl (C=O) groups excluding carboxylic acids is 2. The van der Waals surface area contributed by atoms with Crippen LogP contribution < -0.4 is 10.6 Å². The maximum atomic E-state index is 13.8. The molecule has 3 rings (SSSR count). The predicted molar refractivity (Wildman–Crippen MR) is 103 cm³/mol. The minimum Gasteiger partial charge on any atom is -0.354 e. The van der Waals surface area contributed by atoms with Gasteiger partial charge in [-0.3, -0.25) is 9.59 Å². The minimum absolute atomic E-state index is 0.0621. The van der Waals surface area contributed by atoms with Gasteiger partial charge in [-0.1, -0.05) is 24.3 Å². The highest BCUT2D eigenvalue weighted by Gasteiger charge is 2.13. The van der Waals surface area contributed by atoms with Gasteiger partial charge in [-0.15, -0.1) is 11.3 Å². The Balaban J connectivity index is 1.45. The van der Waals surface area contributed by atoms with Gasteiger partial charge in [0.1, 0.15) is 21.5 Å². The summed E-state index contributed by atoms with van der Waals surface area (Å²) in [5, 5.41) is 5.75. The van der Waals surface area contributed by atoms with Crippen LogP contribution in [0.25, 0.3) is 10.6 Å². The monoisotopic (exact) mass is 401 g/mol. The molecular weight excluding hydrogens is 384 g/mol. The molecule has 0 fully saturated rings. The number of nitrogens with one attached hydrogen (secondary N) is 2. The summed E-state index contributed by atoms with van der Waals surface area (Å²) in [7, 11) is 0. The summed E-state index contributed by atoms with van der Waals surface area (Å²) in [5.74, 6) is -1.40. The average molecular weight is 401 g/mol. The zero-order chi connectivity index (χ0) is 19.9. The minimum atomic E-state index is -0.398. The van der Waals surface area contributed by atoms with Gasteiger partial charge in [0.05, 0.1) is 12.6 Å². The topological polar surface area (TPSA) is 71.1 Å². The van der Waals surface area contributed by atoms with Crippen molar-refractivity contribution in [1.29, 1.82) is 0 Å². The van der Waals surface area contributed by atoms with Crippen LogP contribution in [0.4, 0.5) is 8.78 Å². The fourth-order valence-corrected chi connectivity index (χ4v) is 3.36. The molecule has 0 spiro atoms. The van der Waals surface area contributed by atoms with Crippen molar-refractivity contribution in [3.63, 3.8) is 0 Å². The highest BCUT2D eigenvalue weighted by atomic mass is 32.1. The third-order valence-electron chi connectivity index (χ3n) is 3.82. The molecule has 0 aliphatic carbocycles. The molecule has 0 aliphatic rings. The lowest BCUT2D eigenvalue weighted by molar-refractivity contribution is -0.120. The summed E-state index contributed by atoms with van der Waals surface area (Å²) >= 11 is 1.09. The van der Waals surface area contributed by atoms with Crippen LogP contribution in [-0.4, -0.2) is 29.9 Å². The average Bonchev–Trinajstić information content (AvgIpc) is 3.15. The first-order valence-corrected chi connectivity index (χ1v) is 9.34. The van der Waals surface area contributed by atoms with E-state index in [0.29, 0.717) is 21.0 Å². The van der Waals surface area contributed by atoms with E-state index in [1.165, 1.54) is 24.4 Å². The molecule has 0 aliphatic heterocycles. The molecule has 0 bridgehead atoms. The van der Waals surface area contributed by atoms with E-state index in [9.17, 15) is 18.4 Å². The molecule has 0 radical (unpaired) electrons. The molecule has 0 atom stereocenters. The Kier molecular flexibility index (Phi) is 6.44. The number of rotatable bonds is 7. The summed E-state index contributed by atoms with van der Waals surface area (Å²) < 4.78 is 26.9. The fraction of sp³-hybridized carbons (Fsp3) is 0.150. The van der Waals surface area contributed by atoms with E-state index >= 15 is 0 Å². The number of hydrogen-bond donors (Lipinski definition) is 2. The first-order valence-electron chi connectivity index (χ1n) is 8.53. The molecular formula is C20H17F2N3O2S. The number of nitrogens with zero attached hydrogens (tertiary/aromatic N) is 1. The van der Waals surface area contributed by atoms with Gasteiger partial charge in [0.2, 0.25) is 5.91 Å². The lowest BCUT2D eigenvalue weighted by Gasteiger charge is -2.06. The highest BCUT2D eigenvalue weighted by molar-refractivity contribution is 7.16. The first kappa shape index (κ1) is 19.6. The van der Waals surface area contributed by atoms with E-state index in [2.05, 4.69) is 15.6 Å². The molecule has 8 heteroatoms. The number of carbonyl (C=O) groups is 2. The van der Waals surface area contributed by atoms with E-state index in [1.807, 2.05) is 0 Å². The first-order chi connectivity index (χ1) is 13.5. The van der Waals surface area contributed by atoms with E-state index < -0.39 is 11.6 Å². The van der Waals surface area contributed by atoms with Crippen molar-refractivity contribution in [1.82, 2.24) is 15.6 Å². The zero-order valence-electron chi connectivity index (χ0n) is 14.7. The van der Waals surface area contributed by atoms with Gasteiger partial charge in [-0.05, 0) is 29.8 Å². The maximum absolute atomic E-state index is 13.8. The smallest absolute Gasteiger partial charge is 0.263 e. The van der Waals surface area contributed by atoms with E-state index in [1.54, 1.807) is 30.3 Å². The van der Waals surface area contributed by atoms with Crippen LogP contribution in [-0.2, 0) is 11.2 Å². The van der Waals surface area contributed by atoms with Crippen LogP contribution in [0, 0.1) is 11.6 Å². The molecule has 1 aromatic heterocycles. The van der Waals surface area contributed by atoms with Gasteiger partial charge in [-0.2, -0.15) is 0 Å². The van der Waals surface area contributed by atoms with Crippen LogP contribution in [0.15, 0.2) is 54.7 Å². The van der Waals surface area contributed by atoms with E-state index in [0.717, 1.165) is 11.3 Å². The zero-order valence-corrected chi connectivity index (χ0v) is 15.6. The predicted octanol–water partition coefficient (Wildman–Crippen LogP) is 3.18. The van der Waals surface area contributed by atoms with Gasteiger partial charge in [-0.25, -0.2) is 13.8 Å². The number of thiazole rings is 1. The van der Waals surface area contributed by atoms with Crippen LogP contribution >= 0.6 is 11.3 Å². The molecule has 0 saturated carbocycles. The van der Waals surface area contributed by atoms with Crippen LogP contribution in [0.3, 0.4) is 0 Å². The molecule has 2 aromatic carbocycles. The van der Waals surface area contributed by atoms with Gasteiger partial charge in [0.15, 0.2) is 0 Å². The van der Waals surface area contributed by atoms with Crippen molar-refractivity contribution in [2.24, 2.45) is 0 Å². The fourth-order valence-electron chi connectivity index (χ4n) is 2.50. The maximum Gasteiger partial charge on any atom is 0.263 e. The van der Waals surface area contributed by atoms with Crippen LogP contribution in [0.1, 0.15) is 15.2 Å². The lowest BCUT2D eigenvalue weighted by atomic mass is 10.1. The third kappa shape index (κ3) is 5.20. The Morgan fingerprint density at radius 3 is 2.57 bits per heavy atom. The summed E-state index contributed by atoms with van der Waals surface area (Å²) in [6, 6.07) is 12.1. The molecule has 3 aromatic rings. The standard InChI is InChI=1S/C20H17F2N3O2S/c21-14-5-3-4-13(10-14)11-18(26)23-8-9-24-19(27)17-12-25-20(28-17)15-6-1-2-7-16(15)22/h1-7,10,12H,8-9,11H2,(H,23,26)(H,24,27). The number of hydrogen-bond acceptors (Lipinski definition) is 4. The Labute approximate surface area is 164 Å². The van der Waals surface area contributed by atoms with E-state index in [-0.39, 0.29) is 31.3 Å². The second kappa shape index (κ2) is 9.18. The Bertz CT molecular complexity index is 991. The summed E-state index contributed by atoms with van der Waals surface area (Å²) in [4.78, 5) is 28.4. The van der Waals surface area contributed by atoms with Crippen molar-refractivity contribution in [3.05, 3.63) is 76.8 Å². The normalized spacial score (nSPS) is 10.5. The molecule has 2 amide bonds. The second-order valence-electron chi connectivity index (χ2n) is 5.92. The highest BCUT2D eigenvalue weighted by Crippen LogP contribution is 2.27. The lowest BCUT2D eigenvalue weighted by Crippen LogP contribution is -2.35. The van der Waals surface area contributed by atoms with Crippen molar-refractivity contribution in [2.45, 2.75) is 6.42 Å². The molecule has 1 heterocycles. The summed E-state index contributed by atoms with van der Waals surface area (Å²) in [5.41, 5.74) is 0.919. The number of aromatic nitrogens is 1. The molecule has 0 saturated heterocycles. The quantitative estimate of drug-likeness (QED) is 0.598. The Morgan fingerprint density at radius 2 is 1.79 bits per heavy atom. The Morgan fingerprint density at radius 1 is 1.00 bits per heavy atom. The molecule has 28 heavy (non-hydrogen) atoms. The number of halogens is 2. The van der Waals surface area contributed by atoms with Gasteiger partial charge in [0.25, 0.3) is 5.91 Å². The van der Waals surface area contributed by atoms with Crippen LogP contribution in [0.2, 0.25) is 0 Å². The molecule has 144 valence electrons. The van der Waals surface area contributed by atoms with Gasteiger partial charge in [0, 0.05) is 18.7 Å². The van der Waals surface area contributed by atoms with Crippen molar-refractivity contribution in [2.75, 3.05) is 13.1 Å². The SMILES string of the molecule is O=C(Cc1cccc(F)c1)NCCNC(=O)c1cnc(-c2ccccc2F)s1. The van der Waals surface area contributed by atoms with Gasteiger partial charge >= 0.3 is 0 Å².